The number of pyridine rings is 1. The number of halogens is 3. The van der Waals surface area contributed by atoms with Crippen LogP contribution in [0.25, 0.3) is 11.6 Å². The summed E-state index contributed by atoms with van der Waals surface area (Å²) in [6, 6.07) is 1.84. The van der Waals surface area contributed by atoms with E-state index in [1.54, 1.807) is 12.4 Å². The van der Waals surface area contributed by atoms with Crippen molar-refractivity contribution in [3.63, 3.8) is 0 Å². The number of alkyl carbamates (subject to hydrolysis) is 1. The Morgan fingerprint density at radius 3 is 2.54 bits per heavy atom. The highest BCUT2D eigenvalue weighted by Gasteiger charge is 2.38. The zero-order valence-corrected chi connectivity index (χ0v) is 14.4. The number of nitrogens with one attached hydrogen (secondary N) is 1. The molecular weight excluding hydrogens is 381 g/mol. The number of hydrogen-bond acceptors (Lipinski definition) is 8. The molecule has 0 bridgehead atoms. The molecule has 28 heavy (non-hydrogen) atoms. The molecule has 0 saturated carbocycles. The summed E-state index contributed by atoms with van der Waals surface area (Å²) in [7, 11) is 0. The Hall–Kier alpha value is -3.57. The Morgan fingerprint density at radius 1 is 1.14 bits per heavy atom. The Balaban J connectivity index is 1.51. The van der Waals surface area contributed by atoms with E-state index < -0.39 is 24.0 Å². The van der Waals surface area contributed by atoms with Crippen LogP contribution in [0, 0.1) is 6.92 Å². The molecule has 1 N–H and O–H groups in total. The van der Waals surface area contributed by atoms with Crippen molar-refractivity contribution in [3.05, 3.63) is 53.4 Å². The van der Waals surface area contributed by atoms with E-state index in [2.05, 4.69) is 34.9 Å². The normalized spacial score (nSPS) is 11.3. The molecule has 0 aliphatic heterocycles. The molecule has 0 aliphatic carbocycles. The van der Waals surface area contributed by atoms with Gasteiger partial charge in [0, 0.05) is 42.5 Å². The van der Waals surface area contributed by atoms with E-state index in [0.717, 1.165) is 11.1 Å². The molecule has 3 aromatic heterocycles. The second-order valence-electron chi connectivity index (χ2n) is 5.64. The molecule has 0 saturated heterocycles. The maximum atomic E-state index is 12.5. The van der Waals surface area contributed by atoms with Crippen molar-refractivity contribution in [2.45, 2.75) is 26.3 Å². The number of rotatable bonds is 5. The topological polar surface area (TPSA) is 116 Å². The number of amides is 1. The molecule has 1 amide bonds. The quantitative estimate of drug-likeness (QED) is 0.702. The maximum Gasteiger partial charge on any atom is 0.471 e. The van der Waals surface area contributed by atoms with Gasteiger partial charge in [-0.15, -0.1) is 0 Å². The highest BCUT2D eigenvalue weighted by molar-refractivity contribution is 5.67. The first-order valence-electron chi connectivity index (χ1n) is 7.84. The largest absolute Gasteiger partial charge is 0.471 e. The van der Waals surface area contributed by atoms with Crippen LogP contribution in [0.5, 0.6) is 0 Å². The molecule has 0 unspecified atom stereocenters. The predicted octanol–water partition coefficient (Wildman–Crippen LogP) is 2.68. The Kier molecular flexibility index (Phi) is 5.47. The summed E-state index contributed by atoms with van der Waals surface area (Å²) < 4.78 is 46.5. The third kappa shape index (κ3) is 4.99. The number of hydrogen-bond donors (Lipinski definition) is 1. The minimum absolute atomic E-state index is 0.0607. The molecule has 0 aromatic carbocycles. The summed E-state index contributed by atoms with van der Waals surface area (Å²) in [6.45, 7) is 2.00. The SMILES string of the molecule is Cc1cncc(COC(=O)NCc2cnc(-c3noc(C(F)(F)F)n3)nc2)c1. The van der Waals surface area contributed by atoms with Crippen LogP contribution in [-0.4, -0.2) is 31.2 Å². The molecule has 0 fully saturated rings. The van der Waals surface area contributed by atoms with Gasteiger partial charge in [-0.2, -0.15) is 18.2 Å². The third-order valence-electron chi connectivity index (χ3n) is 3.31. The van der Waals surface area contributed by atoms with Gasteiger partial charge in [0.25, 0.3) is 0 Å². The van der Waals surface area contributed by atoms with Crippen molar-refractivity contribution >= 4 is 6.09 Å². The maximum absolute atomic E-state index is 12.5. The fourth-order valence-electron chi connectivity index (χ4n) is 2.06. The fraction of sp³-hybridized carbons (Fsp3) is 0.250. The van der Waals surface area contributed by atoms with Gasteiger partial charge in [0.05, 0.1) is 0 Å². The predicted molar refractivity (Wildman–Crippen MR) is 86.3 cm³/mol. The average molecular weight is 394 g/mol. The van der Waals surface area contributed by atoms with E-state index in [9.17, 15) is 18.0 Å². The number of aromatic nitrogens is 5. The molecule has 3 rings (SSSR count). The lowest BCUT2D eigenvalue weighted by molar-refractivity contribution is -0.159. The number of alkyl halides is 3. The van der Waals surface area contributed by atoms with Gasteiger partial charge < -0.3 is 14.6 Å². The van der Waals surface area contributed by atoms with Crippen LogP contribution in [0.3, 0.4) is 0 Å². The van der Waals surface area contributed by atoms with Gasteiger partial charge in [-0.3, -0.25) is 4.98 Å². The third-order valence-corrected chi connectivity index (χ3v) is 3.31. The molecule has 3 aromatic rings. The first-order valence-corrected chi connectivity index (χ1v) is 7.84. The Labute approximate surface area is 156 Å². The molecule has 9 nitrogen and oxygen atoms in total. The monoisotopic (exact) mass is 394 g/mol. The van der Waals surface area contributed by atoms with E-state index in [4.69, 9.17) is 4.74 Å². The smallest absolute Gasteiger partial charge is 0.445 e. The molecule has 146 valence electrons. The fourth-order valence-corrected chi connectivity index (χ4v) is 2.06. The zero-order valence-electron chi connectivity index (χ0n) is 14.4. The standard InChI is InChI=1S/C16H13F3N6O3/c1-9-2-10(4-20-3-9)8-27-15(26)23-7-11-5-21-12(22-6-11)13-24-14(28-25-13)16(17,18)19/h2-6H,7-8H2,1H3,(H,23,26). The van der Waals surface area contributed by atoms with Gasteiger partial charge in [-0.05, 0) is 18.6 Å². The first kappa shape index (κ1) is 19.2. The van der Waals surface area contributed by atoms with Crippen LogP contribution in [0.4, 0.5) is 18.0 Å². The minimum Gasteiger partial charge on any atom is -0.445 e. The van der Waals surface area contributed by atoms with Gasteiger partial charge in [0.15, 0.2) is 0 Å². The van der Waals surface area contributed by atoms with Gasteiger partial charge in [0.2, 0.25) is 11.6 Å². The summed E-state index contributed by atoms with van der Waals surface area (Å²) in [4.78, 5) is 26.6. The van der Waals surface area contributed by atoms with Crippen molar-refractivity contribution in [1.82, 2.24) is 30.4 Å². The van der Waals surface area contributed by atoms with E-state index in [0.29, 0.717) is 5.56 Å². The lowest BCUT2D eigenvalue weighted by Crippen LogP contribution is -2.23. The molecule has 0 radical (unpaired) electrons. The Morgan fingerprint density at radius 2 is 1.89 bits per heavy atom. The van der Waals surface area contributed by atoms with Gasteiger partial charge in [-0.25, -0.2) is 14.8 Å². The van der Waals surface area contributed by atoms with Crippen LogP contribution < -0.4 is 5.32 Å². The van der Waals surface area contributed by atoms with E-state index in [1.165, 1.54) is 12.4 Å². The number of carbonyl (C=O) groups excluding carboxylic acids is 1. The zero-order chi connectivity index (χ0) is 20.1. The van der Waals surface area contributed by atoms with E-state index >= 15 is 0 Å². The van der Waals surface area contributed by atoms with Crippen molar-refractivity contribution < 1.29 is 27.2 Å². The lowest BCUT2D eigenvalue weighted by Gasteiger charge is -2.07. The van der Waals surface area contributed by atoms with Crippen LogP contribution >= 0.6 is 0 Å². The van der Waals surface area contributed by atoms with E-state index in [1.807, 2.05) is 13.0 Å². The average Bonchev–Trinajstić information content (AvgIpc) is 3.16. The number of aryl methyl sites for hydroxylation is 1. The summed E-state index contributed by atoms with van der Waals surface area (Å²) in [5.74, 6) is -2.01. The summed E-state index contributed by atoms with van der Waals surface area (Å²) in [5, 5.41) is 5.70. The second-order valence-corrected chi connectivity index (χ2v) is 5.64. The van der Waals surface area contributed by atoms with Gasteiger partial charge in [-0.1, -0.05) is 5.16 Å². The van der Waals surface area contributed by atoms with Crippen molar-refractivity contribution in [1.29, 1.82) is 0 Å². The molecule has 12 heteroatoms. The minimum atomic E-state index is -4.75. The van der Waals surface area contributed by atoms with E-state index in [-0.39, 0.29) is 19.0 Å². The molecule has 0 atom stereocenters. The molecular formula is C16H13F3N6O3. The number of ether oxygens (including phenoxy) is 1. The summed E-state index contributed by atoms with van der Waals surface area (Å²) in [5.41, 5.74) is 2.20. The summed E-state index contributed by atoms with van der Waals surface area (Å²) >= 11 is 0. The molecule has 0 spiro atoms. The van der Waals surface area contributed by atoms with Crippen molar-refractivity contribution in [3.8, 4) is 11.6 Å². The molecule has 3 heterocycles. The highest BCUT2D eigenvalue weighted by Crippen LogP contribution is 2.28. The van der Waals surface area contributed by atoms with Crippen LogP contribution in [0.2, 0.25) is 0 Å². The van der Waals surface area contributed by atoms with Crippen LogP contribution in [-0.2, 0) is 24.1 Å². The molecule has 0 aliphatic rings. The lowest BCUT2D eigenvalue weighted by atomic mass is 10.2. The Bertz CT molecular complexity index is 959. The first-order chi connectivity index (χ1) is 13.3. The highest BCUT2D eigenvalue weighted by atomic mass is 19.4. The number of nitrogens with zero attached hydrogens (tertiary/aromatic N) is 5. The van der Waals surface area contributed by atoms with Gasteiger partial charge in [0.1, 0.15) is 6.61 Å². The van der Waals surface area contributed by atoms with Gasteiger partial charge >= 0.3 is 18.2 Å². The number of carbonyl (C=O) groups is 1. The summed E-state index contributed by atoms with van der Waals surface area (Å²) in [6.07, 6.45) is 0.511. The van der Waals surface area contributed by atoms with Crippen molar-refractivity contribution in [2.24, 2.45) is 0 Å². The second kappa shape index (κ2) is 7.98. The van der Waals surface area contributed by atoms with Crippen LogP contribution in [0.15, 0.2) is 35.4 Å². The van der Waals surface area contributed by atoms with Crippen LogP contribution in [0.1, 0.15) is 22.6 Å². The van der Waals surface area contributed by atoms with Crippen molar-refractivity contribution in [2.75, 3.05) is 0 Å².